The van der Waals surface area contributed by atoms with Crippen molar-refractivity contribution in [3.8, 4) is 5.75 Å². The number of methoxy groups -OCH3 is 1. The first-order chi connectivity index (χ1) is 28.0. The summed E-state index contributed by atoms with van der Waals surface area (Å²) in [6.45, 7) is 3.16. The van der Waals surface area contributed by atoms with Gasteiger partial charge in [-0.2, -0.15) is 4.98 Å². The molecule has 2 fully saturated rings. The highest BCUT2D eigenvalue weighted by atomic mass is 35.5. The van der Waals surface area contributed by atoms with Crippen molar-refractivity contribution >= 4 is 71.1 Å². The predicted molar refractivity (Wildman–Crippen MR) is 223 cm³/mol. The Bertz CT molecular complexity index is 2230. The summed E-state index contributed by atoms with van der Waals surface area (Å²) in [6, 6.07) is 18.8. The zero-order valence-electron chi connectivity index (χ0n) is 33.0. The van der Waals surface area contributed by atoms with Crippen LogP contribution in [0.15, 0.2) is 66.9 Å². The molecule has 0 bridgehead atoms. The Morgan fingerprint density at radius 2 is 1.74 bits per heavy atom. The molecule has 2 saturated heterocycles. The second-order valence-corrected chi connectivity index (χ2v) is 17.2. The summed E-state index contributed by atoms with van der Waals surface area (Å²) in [5, 5.41) is 9.36. The summed E-state index contributed by atoms with van der Waals surface area (Å²) in [4.78, 5) is 52.5. The normalized spacial score (nSPS) is 17.4. The first-order valence-electron chi connectivity index (χ1n) is 19.3. The lowest BCUT2D eigenvalue weighted by molar-refractivity contribution is -0.136. The lowest BCUT2D eigenvalue weighted by Gasteiger charge is -2.38. The van der Waals surface area contributed by atoms with E-state index in [0.29, 0.717) is 52.8 Å². The Hall–Kier alpha value is -5.05. The van der Waals surface area contributed by atoms with Crippen LogP contribution in [0.3, 0.4) is 0 Å². The number of aryl methyl sites for hydroxylation is 1. The third kappa shape index (κ3) is 8.84. The van der Waals surface area contributed by atoms with Crippen LogP contribution >= 0.6 is 19.2 Å². The second kappa shape index (κ2) is 17.8. The van der Waals surface area contributed by atoms with E-state index in [1.54, 1.807) is 36.3 Å². The molecule has 17 heteroatoms. The van der Waals surface area contributed by atoms with Gasteiger partial charge in [-0.05, 0) is 87.2 Å². The highest BCUT2D eigenvalue weighted by molar-refractivity contribution is 7.62. The van der Waals surface area contributed by atoms with E-state index in [4.69, 9.17) is 25.4 Å². The molecule has 4 heterocycles. The van der Waals surface area contributed by atoms with Gasteiger partial charge in [-0.15, -0.1) is 0 Å². The minimum Gasteiger partial charge on any atom is -0.494 e. The number of nitrogens with one attached hydrogen (secondary N) is 3. The summed E-state index contributed by atoms with van der Waals surface area (Å²) in [6.07, 6.45) is 6.01. The van der Waals surface area contributed by atoms with Crippen LogP contribution in [0, 0.1) is 0 Å². The molecule has 4 aromatic rings. The van der Waals surface area contributed by atoms with Gasteiger partial charge in [0.05, 0.1) is 30.0 Å². The molecule has 3 N–H and O–H groups in total. The van der Waals surface area contributed by atoms with Gasteiger partial charge in [0, 0.05) is 63.6 Å². The molecule has 3 aliphatic rings. The molecule has 1 atom stereocenters. The van der Waals surface area contributed by atoms with Crippen LogP contribution in [0.5, 0.6) is 5.75 Å². The van der Waals surface area contributed by atoms with Gasteiger partial charge in [0.2, 0.25) is 17.8 Å². The minimum atomic E-state index is -3.56. The van der Waals surface area contributed by atoms with Crippen molar-refractivity contribution < 1.29 is 32.7 Å². The van der Waals surface area contributed by atoms with E-state index in [0.717, 1.165) is 56.6 Å². The summed E-state index contributed by atoms with van der Waals surface area (Å²) >= 11 is 6.47. The largest absolute Gasteiger partial charge is 0.494 e. The van der Waals surface area contributed by atoms with E-state index in [2.05, 4.69) is 54.9 Å². The molecule has 0 aliphatic carbocycles. The standard InChI is InChI=1S/C41H48ClN8O7P/c1-48(19-7-8-26-11-13-30-27(22-26)25-50(40(30)53)34-15-16-37(51)46-39(34)52)28-17-20-49(21-18-28)29-12-14-32(35(23-29)55-2)45-41-43-24-31(42)38(47-41)44-33-9-5-6-10-36(33)58(54,56-3)57-4/h5-6,9-14,22-24,28,34H,7-8,15-21,25H2,1-4H3,(H,46,51,52)(H2,43,44,45,47). The maximum absolute atomic E-state index is 13.2. The number of carbonyl (C=O) groups is 3. The molecule has 0 radical (unpaired) electrons. The monoisotopic (exact) mass is 830 g/mol. The van der Waals surface area contributed by atoms with E-state index >= 15 is 0 Å². The number of fused-ring (bicyclic) bond motifs is 1. The van der Waals surface area contributed by atoms with Crippen LogP contribution in [0.4, 0.5) is 28.8 Å². The van der Waals surface area contributed by atoms with E-state index in [1.807, 2.05) is 24.3 Å². The fourth-order valence-corrected chi connectivity index (χ4v) is 9.27. The number of hydrogen-bond donors (Lipinski definition) is 3. The SMILES string of the molecule is COc1cc(N2CCC(N(C)CCCc3ccc4c(c3)CN(C3CCC(=O)NC3=O)C4=O)CC2)ccc1Nc1ncc(Cl)c(Nc2ccccc2P(=O)(OC)OC)n1. The molecule has 1 unspecified atom stereocenters. The number of halogens is 1. The Morgan fingerprint density at radius 3 is 2.48 bits per heavy atom. The Labute approximate surface area is 342 Å². The van der Waals surface area contributed by atoms with Gasteiger partial charge >= 0.3 is 7.60 Å². The molecular formula is C41H48ClN8O7P. The first-order valence-corrected chi connectivity index (χ1v) is 21.2. The smallest absolute Gasteiger partial charge is 0.362 e. The number of aromatic nitrogens is 2. The summed E-state index contributed by atoms with van der Waals surface area (Å²) in [7, 11) is 2.92. The van der Waals surface area contributed by atoms with E-state index in [-0.39, 0.29) is 29.2 Å². The minimum absolute atomic E-state index is 0.145. The molecule has 3 aliphatic heterocycles. The zero-order chi connectivity index (χ0) is 41.0. The number of benzene rings is 3. The third-order valence-electron chi connectivity index (χ3n) is 11.1. The third-order valence-corrected chi connectivity index (χ3v) is 13.3. The number of hydrogen-bond acceptors (Lipinski definition) is 13. The Morgan fingerprint density at radius 1 is 0.966 bits per heavy atom. The molecule has 3 aromatic carbocycles. The molecule has 7 rings (SSSR count). The van der Waals surface area contributed by atoms with Crippen LogP contribution in [0.1, 0.15) is 53.6 Å². The Kier molecular flexibility index (Phi) is 12.6. The van der Waals surface area contributed by atoms with E-state index in [1.165, 1.54) is 26.0 Å². The predicted octanol–water partition coefficient (Wildman–Crippen LogP) is 6.03. The van der Waals surface area contributed by atoms with Gasteiger partial charge in [-0.1, -0.05) is 35.9 Å². The quantitative estimate of drug-likeness (QED) is 0.0940. The van der Waals surface area contributed by atoms with E-state index < -0.39 is 19.5 Å². The fraction of sp³-hybridized carbons (Fsp3) is 0.390. The van der Waals surface area contributed by atoms with Crippen molar-refractivity contribution in [2.45, 2.75) is 57.2 Å². The Balaban J connectivity index is 0.909. The van der Waals surface area contributed by atoms with Crippen LogP contribution in [-0.4, -0.2) is 97.6 Å². The number of rotatable bonds is 15. The summed E-state index contributed by atoms with van der Waals surface area (Å²) < 4.78 is 29.4. The number of carbonyl (C=O) groups excluding carboxylic acids is 3. The molecule has 1 aromatic heterocycles. The number of imide groups is 1. The van der Waals surface area contributed by atoms with Crippen molar-refractivity contribution in [1.82, 2.24) is 25.1 Å². The van der Waals surface area contributed by atoms with Crippen molar-refractivity contribution in [2.24, 2.45) is 0 Å². The second-order valence-electron chi connectivity index (χ2n) is 14.6. The van der Waals surface area contributed by atoms with Crippen molar-refractivity contribution in [1.29, 1.82) is 0 Å². The van der Waals surface area contributed by atoms with Gasteiger partial charge in [0.15, 0.2) is 5.82 Å². The number of amides is 3. The molecule has 306 valence electrons. The molecule has 0 spiro atoms. The molecule has 15 nitrogen and oxygen atoms in total. The van der Waals surface area contributed by atoms with Crippen molar-refractivity contribution in [3.05, 3.63) is 88.6 Å². The highest BCUT2D eigenvalue weighted by Crippen LogP contribution is 2.47. The van der Waals surface area contributed by atoms with Gasteiger partial charge < -0.3 is 39.1 Å². The number of ether oxygens (including phenoxy) is 1. The zero-order valence-corrected chi connectivity index (χ0v) is 34.6. The number of nitrogens with zero attached hydrogens (tertiary/aromatic N) is 5. The van der Waals surface area contributed by atoms with Gasteiger partial charge in [-0.3, -0.25) is 24.3 Å². The lowest BCUT2D eigenvalue weighted by Crippen LogP contribution is -2.52. The number of anilines is 5. The highest BCUT2D eigenvalue weighted by Gasteiger charge is 2.39. The van der Waals surface area contributed by atoms with Gasteiger partial charge in [-0.25, -0.2) is 4.98 Å². The maximum Gasteiger partial charge on any atom is 0.362 e. The summed E-state index contributed by atoms with van der Waals surface area (Å²) in [5.74, 6) is 0.395. The fourth-order valence-electron chi connectivity index (χ4n) is 7.90. The first kappa shape index (κ1) is 41.1. The van der Waals surface area contributed by atoms with Gasteiger partial charge in [0.1, 0.15) is 16.8 Å². The average molecular weight is 831 g/mol. The van der Waals surface area contributed by atoms with Gasteiger partial charge in [0.25, 0.3) is 5.91 Å². The number of para-hydroxylation sites is 1. The van der Waals surface area contributed by atoms with Crippen LogP contribution in [0.25, 0.3) is 0 Å². The molecule has 3 amide bonds. The van der Waals surface area contributed by atoms with Crippen LogP contribution < -0.4 is 30.9 Å². The molecule has 58 heavy (non-hydrogen) atoms. The molecular weight excluding hydrogens is 783 g/mol. The summed E-state index contributed by atoms with van der Waals surface area (Å²) in [5.41, 5.74) is 4.97. The lowest BCUT2D eigenvalue weighted by atomic mass is 10.0. The van der Waals surface area contributed by atoms with E-state index in [9.17, 15) is 18.9 Å². The van der Waals surface area contributed by atoms with Crippen molar-refractivity contribution in [2.75, 3.05) is 63.5 Å². The average Bonchev–Trinajstić information content (AvgIpc) is 3.56. The maximum atomic E-state index is 13.2. The van der Waals surface area contributed by atoms with Crippen LogP contribution in [-0.2, 0) is 36.2 Å². The topological polar surface area (TPSA) is 168 Å². The van der Waals surface area contributed by atoms with Crippen LogP contribution in [0.2, 0.25) is 5.02 Å². The number of piperidine rings is 2. The molecule has 0 saturated carbocycles. The van der Waals surface area contributed by atoms with Crippen molar-refractivity contribution in [3.63, 3.8) is 0 Å².